The maximum absolute atomic E-state index is 12.4. The van der Waals surface area contributed by atoms with Crippen molar-refractivity contribution in [3.63, 3.8) is 0 Å². The molecule has 1 aliphatic heterocycles. The third-order valence-corrected chi connectivity index (χ3v) is 3.22. The predicted octanol–water partition coefficient (Wildman–Crippen LogP) is 2.31. The average Bonchev–Trinajstić information content (AvgIpc) is 2.61. The van der Waals surface area contributed by atoms with Crippen molar-refractivity contribution in [1.82, 2.24) is 4.90 Å². The third kappa shape index (κ3) is 2.41. The molecule has 1 aromatic rings. The van der Waals surface area contributed by atoms with E-state index in [9.17, 15) is 9.59 Å². The number of hydrogen-bond acceptors (Lipinski definition) is 3. The van der Waals surface area contributed by atoms with Crippen LogP contribution in [0.3, 0.4) is 0 Å². The highest BCUT2D eigenvalue weighted by molar-refractivity contribution is 6.28. The molecule has 2 amide bonds. The zero-order valence-corrected chi connectivity index (χ0v) is 12.4. The van der Waals surface area contributed by atoms with Crippen molar-refractivity contribution in [3.05, 3.63) is 29.3 Å². The fourth-order valence-corrected chi connectivity index (χ4v) is 2.16. The van der Waals surface area contributed by atoms with Crippen LogP contribution in [0.1, 0.15) is 41.5 Å². The van der Waals surface area contributed by atoms with Crippen LogP contribution in [0.15, 0.2) is 23.2 Å². The van der Waals surface area contributed by atoms with Crippen LogP contribution in [-0.4, -0.2) is 34.0 Å². The first kappa shape index (κ1) is 14.5. The summed E-state index contributed by atoms with van der Waals surface area (Å²) in [5.74, 6) is -0.216. The molecule has 2 N–H and O–H groups in total. The fraction of sp³-hybridized carbons (Fsp3) is 0.357. The minimum Gasteiger partial charge on any atom is -0.386 e. The highest BCUT2D eigenvalue weighted by atomic mass is 35.5. The Bertz CT molecular complexity index is 617. The number of fused-ring (bicyclic) bond motifs is 1. The molecule has 0 unspecified atom stereocenters. The number of hydrogen-bond donors (Lipinski definition) is 1. The fourth-order valence-electron chi connectivity index (χ4n) is 2.10. The van der Waals surface area contributed by atoms with Crippen LogP contribution in [0.2, 0.25) is 0 Å². The summed E-state index contributed by atoms with van der Waals surface area (Å²) < 4.78 is 0. The van der Waals surface area contributed by atoms with Gasteiger partial charge in [-0.15, -0.1) is 11.6 Å². The van der Waals surface area contributed by atoms with E-state index in [1.807, 2.05) is 20.8 Å². The minimum atomic E-state index is -0.564. The summed E-state index contributed by atoms with van der Waals surface area (Å²) in [6, 6.07) is 4.82. The Kier molecular flexibility index (Phi) is 3.56. The Morgan fingerprint density at radius 1 is 1.25 bits per heavy atom. The summed E-state index contributed by atoms with van der Waals surface area (Å²) in [5.41, 5.74) is 6.27. The van der Waals surface area contributed by atoms with Crippen molar-refractivity contribution in [2.45, 2.75) is 26.3 Å². The average molecular weight is 294 g/mol. The number of carbonyl (C=O) groups is 2. The lowest BCUT2D eigenvalue weighted by molar-refractivity contribution is 0.0508. The molecule has 0 aliphatic carbocycles. The molecule has 20 heavy (non-hydrogen) atoms. The maximum atomic E-state index is 12.4. The second-order valence-corrected chi connectivity index (χ2v) is 5.85. The first-order valence-corrected chi connectivity index (χ1v) is 6.71. The molecule has 0 saturated heterocycles. The summed E-state index contributed by atoms with van der Waals surface area (Å²) in [5, 5.41) is 0. The maximum Gasteiger partial charge on any atom is 0.262 e. The number of nitrogens with two attached hydrogens (primary N) is 1. The van der Waals surface area contributed by atoms with Crippen molar-refractivity contribution < 1.29 is 9.59 Å². The van der Waals surface area contributed by atoms with Gasteiger partial charge in [-0.3, -0.25) is 14.5 Å². The van der Waals surface area contributed by atoms with Gasteiger partial charge in [0.25, 0.3) is 11.8 Å². The smallest absolute Gasteiger partial charge is 0.262 e. The molecule has 1 heterocycles. The molecule has 2 rings (SSSR count). The van der Waals surface area contributed by atoms with Crippen LogP contribution in [-0.2, 0) is 0 Å². The van der Waals surface area contributed by atoms with E-state index in [1.165, 1.54) is 4.90 Å². The standard InChI is InChI=1S/C14H16ClN3O2/c1-14(2,3)18-12(19)9-5-4-8(17-11(16)7-15)6-10(9)13(18)20/h4-6H,7H2,1-3H3,(H2,16,17). The van der Waals surface area contributed by atoms with Crippen molar-refractivity contribution in [2.75, 3.05) is 5.88 Å². The summed E-state index contributed by atoms with van der Waals surface area (Å²) in [4.78, 5) is 30.0. The Hall–Kier alpha value is -1.88. The van der Waals surface area contributed by atoms with E-state index in [0.29, 0.717) is 16.8 Å². The van der Waals surface area contributed by atoms with Gasteiger partial charge < -0.3 is 5.73 Å². The summed E-state index contributed by atoms with van der Waals surface area (Å²) >= 11 is 5.57. The summed E-state index contributed by atoms with van der Waals surface area (Å²) in [6.07, 6.45) is 0. The van der Waals surface area contributed by atoms with E-state index in [-0.39, 0.29) is 23.5 Å². The molecule has 0 spiro atoms. The first-order chi connectivity index (χ1) is 9.25. The van der Waals surface area contributed by atoms with Gasteiger partial charge in [-0.1, -0.05) is 0 Å². The number of alkyl halides is 1. The van der Waals surface area contributed by atoms with Crippen LogP contribution < -0.4 is 5.73 Å². The number of imide groups is 1. The van der Waals surface area contributed by atoms with E-state index in [4.69, 9.17) is 17.3 Å². The van der Waals surface area contributed by atoms with E-state index in [1.54, 1.807) is 18.2 Å². The van der Waals surface area contributed by atoms with Gasteiger partial charge in [0.05, 0.1) is 22.7 Å². The van der Waals surface area contributed by atoms with Gasteiger partial charge >= 0.3 is 0 Å². The highest BCUT2D eigenvalue weighted by Gasteiger charge is 2.41. The van der Waals surface area contributed by atoms with E-state index < -0.39 is 5.54 Å². The Morgan fingerprint density at radius 2 is 1.85 bits per heavy atom. The van der Waals surface area contributed by atoms with E-state index >= 15 is 0 Å². The van der Waals surface area contributed by atoms with Gasteiger partial charge in [-0.2, -0.15) is 0 Å². The second kappa shape index (κ2) is 4.90. The number of halogens is 1. The molecular weight excluding hydrogens is 278 g/mol. The Morgan fingerprint density at radius 3 is 2.40 bits per heavy atom. The lowest BCUT2D eigenvalue weighted by Crippen LogP contribution is -2.45. The van der Waals surface area contributed by atoms with Crippen molar-refractivity contribution in [3.8, 4) is 0 Å². The SMILES string of the molecule is CC(C)(C)N1C(=O)c2ccc(N=C(N)CCl)cc2C1=O. The number of benzene rings is 1. The molecule has 0 aromatic heterocycles. The molecule has 0 bridgehead atoms. The van der Waals surface area contributed by atoms with Crippen LogP contribution >= 0.6 is 11.6 Å². The largest absolute Gasteiger partial charge is 0.386 e. The molecular formula is C14H16ClN3O2. The number of carbonyl (C=O) groups excluding carboxylic acids is 2. The van der Waals surface area contributed by atoms with Gasteiger partial charge in [-0.25, -0.2) is 4.99 Å². The molecule has 6 heteroatoms. The van der Waals surface area contributed by atoms with Crippen LogP contribution in [0.25, 0.3) is 0 Å². The lowest BCUT2D eigenvalue weighted by atomic mass is 10.1. The van der Waals surface area contributed by atoms with Crippen LogP contribution in [0.5, 0.6) is 0 Å². The quantitative estimate of drug-likeness (QED) is 0.393. The molecule has 1 aliphatic rings. The Labute approximate surface area is 122 Å². The predicted molar refractivity (Wildman–Crippen MR) is 78.7 cm³/mol. The molecule has 1 aromatic carbocycles. The third-order valence-electron chi connectivity index (χ3n) is 2.95. The molecule has 0 atom stereocenters. The topological polar surface area (TPSA) is 75.8 Å². The minimum absolute atomic E-state index is 0.109. The van der Waals surface area contributed by atoms with Gasteiger partial charge in [-0.05, 0) is 39.0 Å². The Balaban J connectivity index is 2.47. The number of amidine groups is 1. The van der Waals surface area contributed by atoms with Crippen LogP contribution in [0, 0.1) is 0 Å². The molecule has 0 saturated carbocycles. The molecule has 0 radical (unpaired) electrons. The first-order valence-electron chi connectivity index (χ1n) is 6.17. The normalized spacial score (nSPS) is 15.8. The van der Waals surface area contributed by atoms with Gasteiger partial charge in [0.1, 0.15) is 5.84 Å². The molecule has 106 valence electrons. The van der Waals surface area contributed by atoms with Crippen molar-refractivity contribution >= 4 is 34.9 Å². The lowest BCUT2D eigenvalue weighted by Gasteiger charge is -2.29. The van der Waals surface area contributed by atoms with Crippen LogP contribution in [0.4, 0.5) is 5.69 Å². The second-order valence-electron chi connectivity index (χ2n) is 5.58. The number of aliphatic imine (C=N–C) groups is 1. The monoisotopic (exact) mass is 293 g/mol. The van der Waals surface area contributed by atoms with E-state index in [0.717, 1.165) is 0 Å². The zero-order valence-electron chi connectivity index (χ0n) is 11.6. The highest BCUT2D eigenvalue weighted by Crippen LogP contribution is 2.31. The van der Waals surface area contributed by atoms with Crippen molar-refractivity contribution in [1.29, 1.82) is 0 Å². The van der Waals surface area contributed by atoms with E-state index in [2.05, 4.69) is 4.99 Å². The van der Waals surface area contributed by atoms with Crippen molar-refractivity contribution in [2.24, 2.45) is 10.7 Å². The zero-order chi connectivity index (χ0) is 15.1. The summed E-state index contributed by atoms with van der Waals surface area (Å²) in [6.45, 7) is 5.46. The molecule has 5 nitrogen and oxygen atoms in total. The van der Waals surface area contributed by atoms with Gasteiger partial charge in [0.2, 0.25) is 0 Å². The number of amides is 2. The number of nitrogens with zero attached hydrogens (tertiary/aromatic N) is 2. The molecule has 0 fully saturated rings. The number of rotatable bonds is 2. The van der Waals surface area contributed by atoms with Gasteiger partial charge in [0, 0.05) is 5.54 Å². The van der Waals surface area contributed by atoms with Gasteiger partial charge in [0.15, 0.2) is 0 Å². The summed E-state index contributed by atoms with van der Waals surface area (Å²) in [7, 11) is 0.